The maximum atomic E-state index is 13.4. The number of methoxy groups -OCH3 is 4. The van der Waals surface area contributed by atoms with Gasteiger partial charge in [0.05, 0.1) is 90.8 Å². The second kappa shape index (κ2) is 48.6. The van der Waals surface area contributed by atoms with Crippen molar-refractivity contribution in [3.05, 3.63) is 223 Å². The summed E-state index contributed by atoms with van der Waals surface area (Å²) in [6.07, 6.45) is -3.21. The van der Waals surface area contributed by atoms with Crippen LogP contribution in [0.4, 0.5) is 39.5 Å². The molecule has 0 spiro atoms. The van der Waals surface area contributed by atoms with Gasteiger partial charge in [-0.3, -0.25) is 34.1 Å². The summed E-state index contributed by atoms with van der Waals surface area (Å²) in [7, 11) is 2.45. The number of carbonyl (C=O) groups excluding carboxylic acids is 4. The van der Waals surface area contributed by atoms with E-state index in [0.29, 0.717) is 80.4 Å². The number of carbonyl (C=O) groups is 4. The molecule has 0 unspecified atom stereocenters. The van der Waals surface area contributed by atoms with Gasteiger partial charge < -0.3 is 75.8 Å². The van der Waals surface area contributed by atoms with Crippen LogP contribution in [0.5, 0.6) is 23.0 Å². The van der Waals surface area contributed by atoms with Gasteiger partial charge in [0, 0.05) is 105 Å². The molecule has 1 fully saturated rings. The van der Waals surface area contributed by atoms with Crippen LogP contribution in [0.2, 0.25) is 51.4 Å². The van der Waals surface area contributed by atoms with Crippen LogP contribution >= 0.6 is 15.9 Å². The monoisotopic (exact) mass is 2100 g/mol. The molecule has 8 aromatic heterocycles. The van der Waals surface area contributed by atoms with Crippen molar-refractivity contribution in [1.29, 1.82) is 5.26 Å². The molecule has 1 saturated heterocycles. The minimum atomic E-state index is -4.57. The van der Waals surface area contributed by atoms with Crippen LogP contribution in [0.1, 0.15) is 106 Å². The molecule has 144 heavy (non-hydrogen) atoms. The van der Waals surface area contributed by atoms with E-state index in [1.165, 1.54) is 62.4 Å². The lowest BCUT2D eigenvalue weighted by Crippen LogP contribution is -2.41. The predicted octanol–water partition coefficient (Wildman–Crippen LogP) is 22.4. The van der Waals surface area contributed by atoms with Gasteiger partial charge in [-0.25, -0.2) is 24.9 Å². The van der Waals surface area contributed by atoms with E-state index < -0.39 is 80.5 Å². The topological polar surface area (TPSA) is 347 Å². The molecule has 0 atom stereocenters. The Kier molecular flexibility index (Phi) is 38.7. The zero-order valence-electron chi connectivity index (χ0n) is 84.4. The number of benzene rings is 4. The summed E-state index contributed by atoms with van der Waals surface area (Å²) in [5.74, 6) is 2.22. The van der Waals surface area contributed by atoms with Gasteiger partial charge in [-0.05, 0) is 250 Å². The number of hydrogen-bond donors (Lipinski definition) is 2. The molecule has 29 nitrogen and oxygen atoms in total. The number of imidazole rings is 4. The highest BCUT2D eigenvalue weighted by Gasteiger charge is 2.52. The number of nitrogens with one attached hydrogen (secondary N) is 2. The predicted molar refractivity (Wildman–Crippen MR) is 534 cm³/mol. The third kappa shape index (κ3) is 33.3. The molecule has 0 radical (unpaired) electrons. The van der Waals surface area contributed by atoms with Gasteiger partial charge in [0.25, 0.3) is 0 Å². The third-order valence-corrected chi connectivity index (χ3v) is 26.3. The number of rotatable bonds is 34. The van der Waals surface area contributed by atoms with Gasteiger partial charge in [-0.2, -0.15) is 44.8 Å². The molecule has 0 saturated carbocycles. The summed E-state index contributed by atoms with van der Waals surface area (Å²) in [4.78, 5) is 84.8. The molecule has 12 aromatic rings. The van der Waals surface area contributed by atoms with Crippen LogP contribution in [0, 0.1) is 33.0 Å². The Hall–Kier alpha value is -12.9. The minimum Gasteiger partial charge on any atom is -0.492 e. The maximum Gasteiger partial charge on any atom is 0.494 e. The summed E-state index contributed by atoms with van der Waals surface area (Å²) < 4.78 is 186. The number of esters is 4. The Balaban J connectivity index is 0.000000203. The van der Waals surface area contributed by atoms with Crippen molar-refractivity contribution in [3.8, 4) is 108 Å². The number of alkyl halides is 9. The van der Waals surface area contributed by atoms with E-state index in [1.807, 2.05) is 107 Å². The minimum absolute atomic E-state index is 0.0267. The maximum absolute atomic E-state index is 13.4. The van der Waals surface area contributed by atoms with Crippen molar-refractivity contribution >= 4 is 68.5 Å². The number of aromatic nitrogens is 12. The molecule has 0 bridgehead atoms. The second-order valence-corrected chi connectivity index (χ2v) is 51.5. The molecular formula is C102H120BBrF9N13O16Si2. The fourth-order valence-electron chi connectivity index (χ4n) is 12.9. The van der Waals surface area contributed by atoms with Gasteiger partial charge in [0.2, 0.25) is 0 Å². The molecule has 9 heterocycles. The zero-order chi connectivity index (χ0) is 106. The number of aromatic amines is 2. The van der Waals surface area contributed by atoms with Gasteiger partial charge >= 0.3 is 49.5 Å². The van der Waals surface area contributed by atoms with E-state index in [-0.39, 0.29) is 92.4 Å². The molecule has 42 heteroatoms. The van der Waals surface area contributed by atoms with Crippen LogP contribution < -0.4 is 24.4 Å². The number of nitriles is 1. The van der Waals surface area contributed by atoms with Crippen molar-refractivity contribution in [2.45, 2.75) is 178 Å². The number of pyridine rings is 4. The van der Waals surface area contributed by atoms with Crippen molar-refractivity contribution in [2.75, 3.05) is 68.1 Å². The van der Waals surface area contributed by atoms with Crippen molar-refractivity contribution < 1.29 is 115 Å². The van der Waals surface area contributed by atoms with E-state index in [4.69, 9.17) is 61.9 Å². The Labute approximate surface area is 841 Å². The van der Waals surface area contributed by atoms with Crippen LogP contribution in [-0.4, -0.2) is 185 Å². The number of nitrogens with zero attached hydrogens (tertiary/aromatic N) is 11. The summed E-state index contributed by atoms with van der Waals surface area (Å²) in [6, 6.07) is 47.0. The first-order valence-electron chi connectivity index (χ1n) is 45.4. The van der Waals surface area contributed by atoms with Crippen molar-refractivity contribution in [3.63, 3.8) is 0 Å². The van der Waals surface area contributed by atoms with Crippen LogP contribution in [0.15, 0.2) is 200 Å². The third-order valence-electron chi connectivity index (χ3n) is 22.5. The number of H-pyrrole nitrogens is 2. The van der Waals surface area contributed by atoms with E-state index in [0.717, 1.165) is 64.1 Å². The second-order valence-electron chi connectivity index (χ2n) is 39.5. The first kappa shape index (κ1) is 115. The van der Waals surface area contributed by atoms with E-state index in [9.17, 15) is 58.7 Å². The lowest BCUT2D eigenvalue weighted by molar-refractivity contribution is -0.153. The smallest absolute Gasteiger partial charge is 0.492 e. The zero-order valence-corrected chi connectivity index (χ0v) is 87.9. The fourth-order valence-corrected chi connectivity index (χ4v) is 14.6. The molecule has 13 rings (SSSR count). The lowest BCUT2D eigenvalue weighted by atomic mass is 9.79. The lowest BCUT2D eigenvalue weighted by Gasteiger charge is -2.32. The molecule has 770 valence electrons. The highest BCUT2D eigenvalue weighted by atomic mass is 79.9. The first-order valence-corrected chi connectivity index (χ1v) is 53.6. The van der Waals surface area contributed by atoms with Gasteiger partial charge in [-0.1, -0.05) is 51.4 Å². The quantitative estimate of drug-likeness (QED) is 0.00944. The van der Waals surface area contributed by atoms with Crippen molar-refractivity contribution in [1.82, 2.24) is 59.0 Å². The molecule has 0 amide bonds. The van der Waals surface area contributed by atoms with E-state index in [1.54, 1.807) is 134 Å². The summed E-state index contributed by atoms with van der Waals surface area (Å²) in [6.45, 7) is 37.2. The Morgan fingerprint density at radius 3 is 0.993 bits per heavy atom. The van der Waals surface area contributed by atoms with Gasteiger partial charge in [0.15, 0.2) is 11.4 Å². The Morgan fingerprint density at radius 2 is 0.715 bits per heavy atom. The molecule has 2 N–H and O–H groups in total. The fraction of sp³-hybridized carbons (Fsp3) is 0.402. The molecular weight excluding hydrogens is 1980 g/mol. The summed E-state index contributed by atoms with van der Waals surface area (Å²) in [5, 5.41) is 8.87. The van der Waals surface area contributed by atoms with Crippen LogP contribution in [0.3, 0.4) is 0 Å². The molecule has 4 aromatic carbocycles. The Bertz CT molecular complexity index is 6230. The molecule has 0 aliphatic carbocycles. The van der Waals surface area contributed by atoms with E-state index in [2.05, 4.69) is 105 Å². The summed E-state index contributed by atoms with van der Waals surface area (Å²) in [5.41, 5.74) is 1.62. The van der Waals surface area contributed by atoms with Gasteiger partial charge in [-0.15, -0.1) is 0 Å². The Morgan fingerprint density at radius 1 is 0.410 bits per heavy atom. The number of hydrogen-bond acceptors (Lipinski definition) is 25. The van der Waals surface area contributed by atoms with Gasteiger partial charge in [0.1, 0.15) is 108 Å². The highest BCUT2D eigenvalue weighted by molar-refractivity contribution is 9.10. The normalized spacial score (nSPS) is 13.2. The highest BCUT2D eigenvalue weighted by Crippen LogP contribution is 2.40. The SMILES string of the molecule is COC(=O)C(C)(C)COc1ccc(-c2ccc(-c3nc(C(F)(F)F)cn3COCC[Si](C)(C)C)cn2)cc1.COC(=O)C(C)(C)COc1ccc(-c2ccc(-c3ncc(C#N)[nH]3)cn2)cc1.COC(=O)C(C)(C)COc1ccc(-c2ccc(-c3ncc(C(F)(F)F)[nH]3)cn2)cc1.COC(=O)C(C)(C)COc1ccc(B2OC(C)(C)C(C)(C)O2)cc1.C[Si](C)(C)CCOCn1cc(C(F)(F)F)nc1-c1ccc(Br)nc1. The first-order chi connectivity index (χ1) is 67.3. The van der Waals surface area contributed by atoms with Crippen LogP contribution in [-0.2, 0) is 88.9 Å². The number of halogens is 10. The largest absolute Gasteiger partial charge is 0.494 e. The molecule has 1 aliphatic rings. The summed E-state index contributed by atoms with van der Waals surface area (Å²) >= 11 is 3.20. The van der Waals surface area contributed by atoms with Crippen LogP contribution in [0.25, 0.3) is 79.3 Å². The standard InChI is InChI=1S/C27H34F3N3O4Si.C21H20F3N3O3.C21H20N4O3.C18H27BO5.C15H19BrF3N3OSi/c1-26(2,25(34)35-3)17-37-21-10-7-19(8-11-21)22-12-9-20(15-31-22)24-32-23(27(28,29)30)16-33(24)18-36-13-14-38(4,5)6;1-20(2,19(28)29-3)12-30-15-7-4-13(5-8-15)16-9-6-14(10-25-16)18-26-11-17(27-18)21(22,23)24;1-21(2,20(26)27-3)13-28-17-7-4-14(5-8-17)18-9-6-15(11-23-18)19-24-12-16(10-22)25-19;1-16(2,15(20)21-7)12-22-14-10-8-13(9-11-14)19-23-17(3,4)18(5,6)24-19;1-24(2,3)7-6-23-10-22-9-12(15(17,18)19)21-14(22)11-4-5-13(16)20-8-11/h7-12,15-16H,13-14,17-18H2,1-6H3;4-11H,12H2,1-3H3,(H,26,27);4-9,11-12H,13H2,1-3H3,(H,24,25);8-11H,12H2,1-7H3;4-5,8-9H,6-7,10H2,1-3H3. The average molecular weight is 2100 g/mol. The van der Waals surface area contributed by atoms with E-state index >= 15 is 0 Å². The van der Waals surface area contributed by atoms with Crippen molar-refractivity contribution in [2.24, 2.45) is 21.7 Å². The molecule has 1 aliphatic heterocycles. The average Bonchev–Trinajstić information content (AvgIpc) is 1.63. The number of ether oxygens (including phenoxy) is 10.